The van der Waals surface area contributed by atoms with Crippen molar-refractivity contribution < 1.29 is 18.4 Å². The monoisotopic (exact) mass is 256 g/mol. The van der Waals surface area contributed by atoms with Crippen molar-refractivity contribution in [1.82, 2.24) is 5.16 Å². The molecule has 2 heterocycles. The molecule has 5 nitrogen and oxygen atoms in total. The van der Waals surface area contributed by atoms with E-state index in [-0.39, 0.29) is 34.7 Å². The zero-order valence-electron chi connectivity index (χ0n) is 8.37. The number of benzene rings is 1. The fourth-order valence-electron chi connectivity index (χ4n) is 1.62. The van der Waals surface area contributed by atoms with Gasteiger partial charge in [-0.3, -0.25) is 0 Å². The van der Waals surface area contributed by atoms with Crippen LogP contribution in [0.4, 0.5) is 10.3 Å². The summed E-state index contributed by atoms with van der Waals surface area (Å²) in [7, 11) is 0. The molecule has 1 aliphatic heterocycles. The molecule has 7 heteroatoms. The Morgan fingerprint density at radius 3 is 2.88 bits per heavy atom. The van der Waals surface area contributed by atoms with Crippen LogP contribution in [-0.4, -0.2) is 11.9 Å². The number of aromatic nitrogens is 1. The summed E-state index contributed by atoms with van der Waals surface area (Å²) < 4.78 is 29.0. The standard InChI is InChI=1S/C10H6ClFN2O3/c11-4-1-6-10(16-3-15-6)8(9(4)12)5-2-7(13)17-14-5/h1-2H,3,13H2. The Morgan fingerprint density at radius 2 is 2.18 bits per heavy atom. The van der Waals surface area contributed by atoms with Gasteiger partial charge in [0.15, 0.2) is 17.3 Å². The first-order valence-electron chi connectivity index (χ1n) is 4.67. The number of hydrogen-bond donors (Lipinski definition) is 1. The smallest absolute Gasteiger partial charge is 0.231 e. The van der Waals surface area contributed by atoms with Gasteiger partial charge in [0, 0.05) is 12.1 Å². The molecular formula is C10H6ClFN2O3. The van der Waals surface area contributed by atoms with Gasteiger partial charge in [-0.2, -0.15) is 0 Å². The molecule has 0 unspecified atom stereocenters. The summed E-state index contributed by atoms with van der Waals surface area (Å²) in [5, 5.41) is 3.55. The van der Waals surface area contributed by atoms with E-state index in [2.05, 4.69) is 5.16 Å². The second-order valence-corrected chi connectivity index (χ2v) is 3.80. The Balaban J connectivity index is 2.28. The van der Waals surface area contributed by atoms with E-state index in [9.17, 15) is 4.39 Å². The third kappa shape index (κ3) is 1.49. The van der Waals surface area contributed by atoms with Crippen molar-refractivity contribution in [2.75, 3.05) is 12.5 Å². The molecule has 1 aromatic carbocycles. The first-order valence-corrected chi connectivity index (χ1v) is 5.05. The van der Waals surface area contributed by atoms with Gasteiger partial charge in [0.1, 0.15) is 5.69 Å². The molecule has 88 valence electrons. The first kappa shape index (κ1) is 10.2. The zero-order chi connectivity index (χ0) is 12.0. The van der Waals surface area contributed by atoms with Crippen molar-refractivity contribution in [1.29, 1.82) is 0 Å². The lowest BCUT2D eigenvalue weighted by molar-refractivity contribution is 0.174. The number of nitrogens with two attached hydrogens (primary N) is 1. The Bertz CT molecular complexity index is 599. The molecule has 1 aliphatic rings. The predicted molar refractivity (Wildman–Crippen MR) is 57.4 cm³/mol. The second-order valence-electron chi connectivity index (χ2n) is 3.40. The highest BCUT2D eigenvalue weighted by Crippen LogP contribution is 2.45. The quantitative estimate of drug-likeness (QED) is 0.849. The average molecular weight is 257 g/mol. The van der Waals surface area contributed by atoms with Gasteiger partial charge in [-0.25, -0.2) is 4.39 Å². The number of anilines is 1. The molecule has 0 atom stereocenters. The largest absolute Gasteiger partial charge is 0.454 e. The fraction of sp³-hybridized carbons (Fsp3) is 0.100. The number of rotatable bonds is 1. The summed E-state index contributed by atoms with van der Waals surface area (Å²) in [6.45, 7) is 0.00937. The minimum atomic E-state index is -0.649. The van der Waals surface area contributed by atoms with Gasteiger partial charge >= 0.3 is 0 Å². The number of nitrogens with zero attached hydrogens (tertiary/aromatic N) is 1. The Labute approximate surface area is 99.8 Å². The van der Waals surface area contributed by atoms with Gasteiger partial charge in [-0.1, -0.05) is 16.8 Å². The number of halogens is 2. The summed E-state index contributed by atoms with van der Waals surface area (Å²) in [5.41, 5.74) is 5.69. The first-order chi connectivity index (χ1) is 8.16. The van der Waals surface area contributed by atoms with E-state index < -0.39 is 5.82 Å². The van der Waals surface area contributed by atoms with Crippen LogP contribution in [-0.2, 0) is 0 Å². The maximum Gasteiger partial charge on any atom is 0.231 e. The third-order valence-corrected chi connectivity index (χ3v) is 2.62. The third-order valence-electron chi connectivity index (χ3n) is 2.34. The maximum atomic E-state index is 14.0. The lowest BCUT2D eigenvalue weighted by Crippen LogP contribution is -1.94. The van der Waals surface area contributed by atoms with Crippen molar-refractivity contribution in [3.8, 4) is 22.8 Å². The average Bonchev–Trinajstić information content (AvgIpc) is 2.89. The molecule has 0 amide bonds. The van der Waals surface area contributed by atoms with Crippen LogP contribution in [0, 0.1) is 5.82 Å². The van der Waals surface area contributed by atoms with Crippen LogP contribution < -0.4 is 15.2 Å². The SMILES string of the molecule is Nc1cc(-c2c(F)c(Cl)cc3c2OCO3)no1. The van der Waals surface area contributed by atoms with Gasteiger partial charge in [0.2, 0.25) is 12.7 Å². The van der Waals surface area contributed by atoms with E-state index in [4.69, 9.17) is 31.3 Å². The normalized spacial score (nSPS) is 13.1. The summed E-state index contributed by atoms with van der Waals surface area (Å²) in [5.74, 6) is 0.0458. The van der Waals surface area contributed by atoms with Crippen LogP contribution in [0.1, 0.15) is 0 Å². The zero-order valence-corrected chi connectivity index (χ0v) is 9.12. The van der Waals surface area contributed by atoms with E-state index in [1.165, 1.54) is 12.1 Å². The van der Waals surface area contributed by atoms with Gasteiger partial charge in [0.25, 0.3) is 0 Å². The lowest BCUT2D eigenvalue weighted by Gasteiger charge is -2.05. The molecule has 2 N–H and O–H groups in total. The topological polar surface area (TPSA) is 70.5 Å². The molecule has 0 saturated heterocycles. The summed E-state index contributed by atoms with van der Waals surface area (Å²) in [4.78, 5) is 0. The molecule has 0 bridgehead atoms. The van der Waals surface area contributed by atoms with Gasteiger partial charge in [-0.05, 0) is 0 Å². The minimum Gasteiger partial charge on any atom is -0.454 e. The van der Waals surface area contributed by atoms with Crippen molar-refractivity contribution in [3.63, 3.8) is 0 Å². The highest BCUT2D eigenvalue weighted by atomic mass is 35.5. The Morgan fingerprint density at radius 1 is 1.35 bits per heavy atom. The van der Waals surface area contributed by atoms with Crippen LogP contribution in [0.15, 0.2) is 16.7 Å². The lowest BCUT2D eigenvalue weighted by atomic mass is 10.1. The molecule has 0 spiro atoms. The van der Waals surface area contributed by atoms with Gasteiger partial charge in [0.05, 0.1) is 10.6 Å². The fourth-order valence-corrected chi connectivity index (χ4v) is 1.82. The van der Waals surface area contributed by atoms with Crippen LogP contribution in [0.25, 0.3) is 11.3 Å². The van der Waals surface area contributed by atoms with E-state index in [0.717, 1.165) is 0 Å². The number of ether oxygens (including phenoxy) is 2. The Kier molecular flexibility index (Phi) is 2.12. The molecule has 3 rings (SSSR count). The van der Waals surface area contributed by atoms with E-state index in [1.54, 1.807) is 0 Å². The number of hydrogen-bond acceptors (Lipinski definition) is 5. The van der Waals surface area contributed by atoms with Crippen molar-refractivity contribution in [3.05, 3.63) is 23.0 Å². The van der Waals surface area contributed by atoms with Crippen molar-refractivity contribution in [2.45, 2.75) is 0 Å². The molecular weight excluding hydrogens is 251 g/mol. The molecule has 17 heavy (non-hydrogen) atoms. The highest BCUT2D eigenvalue weighted by molar-refractivity contribution is 6.31. The van der Waals surface area contributed by atoms with E-state index >= 15 is 0 Å². The van der Waals surface area contributed by atoms with Gasteiger partial charge in [-0.15, -0.1) is 0 Å². The molecule has 0 saturated carbocycles. The highest BCUT2D eigenvalue weighted by Gasteiger charge is 2.27. The van der Waals surface area contributed by atoms with Gasteiger partial charge < -0.3 is 19.7 Å². The van der Waals surface area contributed by atoms with Crippen molar-refractivity contribution >= 4 is 17.5 Å². The summed E-state index contributed by atoms with van der Waals surface area (Å²) >= 11 is 5.75. The Hall–Kier alpha value is -1.95. The van der Waals surface area contributed by atoms with Crippen LogP contribution in [0.3, 0.4) is 0 Å². The summed E-state index contributed by atoms with van der Waals surface area (Å²) in [6, 6.07) is 2.74. The second kappa shape index (κ2) is 3.53. The van der Waals surface area contributed by atoms with E-state index in [1.807, 2.05) is 0 Å². The predicted octanol–water partition coefficient (Wildman–Crippen LogP) is 2.45. The molecule has 1 aromatic heterocycles. The molecule has 0 radical (unpaired) electrons. The molecule has 2 aromatic rings. The minimum absolute atomic E-state index is 0.00937. The summed E-state index contributed by atoms with van der Waals surface area (Å²) in [6.07, 6.45) is 0. The maximum absolute atomic E-state index is 14.0. The van der Waals surface area contributed by atoms with Crippen LogP contribution in [0.5, 0.6) is 11.5 Å². The van der Waals surface area contributed by atoms with Crippen LogP contribution >= 0.6 is 11.6 Å². The number of nitrogen functional groups attached to an aromatic ring is 1. The van der Waals surface area contributed by atoms with Crippen LogP contribution in [0.2, 0.25) is 5.02 Å². The number of fused-ring (bicyclic) bond motifs is 1. The van der Waals surface area contributed by atoms with E-state index in [0.29, 0.717) is 5.75 Å². The van der Waals surface area contributed by atoms with Crippen molar-refractivity contribution in [2.24, 2.45) is 0 Å². The molecule has 0 aliphatic carbocycles. The molecule has 0 fully saturated rings.